The summed E-state index contributed by atoms with van der Waals surface area (Å²) in [7, 11) is 0. The highest BCUT2D eigenvalue weighted by Crippen LogP contribution is 2.24. The van der Waals surface area contributed by atoms with E-state index in [0.29, 0.717) is 0 Å². The van der Waals surface area contributed by atoms with Crippen LogP contribution < -0.4 is 10.6 Å². The molecule has 1 saturated heterocycles. The third-order valence-electron chi connectivity index (χ3n) is 3.14. The molecule has 0 saturated carbocycles. The SMILES string of the molecule is CC(C)(C)c1ccc(C2NCCNC2=O)cc1. The molecule has 1 fully saturated rings. The standard InChI is InChI=1S/C14H20N2O/c1-14(2,3)11-6-4-10(5-7-11)12-13(17)16-9-8-15-12/h4-7,12,15H,8-9H2,1-3H3,(H,16,17). The normalized spacial score (nSPS) is 21.1. The Kier molecular flexibility index (Phi) is 3.20. The van der Waals surface area contributed by atoms with Gasteiger partial charge in [0, 0.05) is 13.1 Å². The van der Waals surface area contributed by atoms with Gasteiger partial charge in [-0.3, -0.25) is 4.79 Å². The van der Waals surface area contributed by atoms with Crippen LogP contribution in [0, 0.1) is 0 Å². The van der Waals surface area contributed by atoms with Crippen molar-refractivity contribution >= 4 is 5.91 Å². The number of piperazine rings is 1. The van der Waals surface area contributed by atoms with Crippen LogP contribution in [0.2, 0.25) is 0 Å². The van der Waals surface area contributed by atoms with Gasteiger partial charge in [0.25, 0.3) is 0 Å². The lowest BCUT2D eigenvalue weighted by molar-refractivity contribution is -0.124. The molecule has 92 valence electrons. The molecule has 0 aliphatic carbocycles. The van der Waals surface area contributed by atoms with E-state index >= 15 is 0 Å². The summed E-state index contributed by atoms with van der Waals surface area (Å²) in [5, 5.41) is 6.11. The molecule has 17 heavy (non-hydrogen) atoms. The largest absolute Gasteiger partial charge is 0.353 e. The zero-order valence-corrected chi connectivity index (χ0v) is 10.7. The summed E-state index contributed by atoms with van der Waals surface area (Å²) in [4.78, 5) is 11.7. The maximum atomic E-state index is 11.7. The Labute approximate surface area is 103 Å². The molecule has 1 aliphatic rings. The molecule has 1 heterocycles. The van der Waals surface area contributed by atoms with E-state index in [0.717, 1.165) is 18.7 Å². The van der Waals surface area contributed by atoms with Crippen molar-refractivity contribution in [1.29, 1.82) is 0 Å². The first-order chi connectivity index (χ1) is 7.98. The summed E-state index contributed by atoms with van der Waals surface area (Å²) in [5.74, 6) is 0.0692. The van der Waals surface area contributed by atoms with Crippen molar-refractivity contribution in [2.24, 2.45) is 0 Å². The fraction of sp³-hybridized carbons (Fsp3) is 0.500. The van der Waals surface area contributed by atoms with Crippen molar-refractivity contribution in [3.63, 3.8) is 0 Å². The third kappa shape index (κ3) is 2.67. The topological polar surface area (TPSA) is 41.1 Å². The fourth-order valence-corrected chi connectivity index (χ4v) is 2.04. The summed E-state index contributed by atoms with van der Waals surface area (Å²) >= 11 is 0. The number of benzene rings is 1. The lowest BCUT2D eigenvalue weighted by atomic mass is 9.86. The van der Waals surface area contributed by atoms with Crippen LogP contribution in [0.1, 0.15) is 37.9 Å². The number of hydrogen-bond acceptors (Lipinski definition) is 2. The Morgan fingerprint density at radius 3 is 2.29 bits per heavy atom. The van der Waals surface area contributed by atoms with Crippen LogP contribution in [0.5, 0.6) is 0 Å². The van der Waals surface area contributed by atoms with Gasteiger partial charge in [0.15, 0.2) is 0 Å². The number of nitrogens with one attached hydrogen (secondary N) is 2. The molecule has 1 aromatic carbocycles. The Balaban J connectivity index is 2.20. The second kappa shape index (κ2) is 4.49. The van der Waals surface area contributed by atoms with Crippen LogP contribution in [-0.4, -0.2) is 19.0 Å². The van der Waals surface area contributed by atoms with Crippen LogP contribution in [0.15, 0.2) is 24.3 Å². The monoisotopic (exact) mass is 232 g/mol. The zero-order chi connectivity index (χ0) is 12.5. The second-order valence-corrected chi connectivity index (χ2v) is 5.55. The minimum atomic E-state index is -0.197. The minimum absolute atomic E-state index is 0.0692. The fourth-order valence-electron chi connectivity index (χ4n) is 2.04. The van der Waals surface area contributed by atoms with E-state index in [2.05, 4.69) is 43.5 Å². The predicted molar refractivity (Wildman–Crippen MR) is 68.9 cm³/mol. The molecule has 2 rings (SSSR count). The quantitative estimate of drug-likeness (QED) is 0.774. The lowest BCUT2D eigenvalue weighted by Crippen LogP contribution is -2.47. The number of hydrogen-bond donors (Lipinski definition) is 2. The molecule has 0 bridgehead atoms. The van der Waals surface area contributed by atoms with E-state index < -0.39 is 0 Å². The van der Waals surface area contributed by atoms with Gasteiger partial charge in [-0.1, -0.05) is 45.0 Å². The van der Waals surface area contributed by atoms with Gasteiger partial charge >= 0.3 is 0 Å². The van der Waals surface area contributed by atoms with Crippen LogP contribution >= 0.6 is 0 Å². The van der Waals surface area contributed by atoms with Gasteiger partial charge in [-0.15, -0.1) is 0 Å². The average molecular weight is 232 g/mol. The van der Waals surface area contributed by atoms with E-state index in [-0.39, 0.29) is 17.4 Å². The van der Waals surface area contributed by atoms with E-state index in [9.17, 15) is 4.79 Å². The molecular weight excluding hydrogens is 212 g/mol. The van der Waals surface area contributed by atoms with Crippen molar-refractivity contribution in [3.05, 3.63) is 35.4 Å². The summed E-state index contributed by atoms with van der Waals surface area (Å²) in [5.41, 5.74) is 2.48. The number of amides is 1. The highest BCUT2D eigenvalue weighted by atomic mass is 16.2. The molecule has 3 nitrogen and oxygen atoms in total. The maximum absolute atomic E-state index is 11.7. The van der Waals surface area contributed by atoms with E-state index in [4.69, 9.17) is 0 Å². The second-order valence-electron chi connectivity index (χ2n) is 5.55. The predicted octanol–water partition coefficient (Wildman–Crippen LogP) is 1.74. The van der Waals surface area contributed by atoms with Crippen LogP contribution in [-0.2, 0) is 10.2 Å². The van der Waals surface area contributed by atoms with Gasteiger partial charge in [-0.25, -0.2) is 0 Å². The molecule has 1 aromatic rings. The number of rotatable bonds is 1. The smallest absolute Gasteiger partial charge is 0.241 e. The van der Waals surface area contributed by atoms with Gasteiger partial charge in [0.2, 0.25) is 5.91 Å². The molecule has 0 spiro atoms. The zero-order valence-electron chi connectivity index (χ0n) is 10.7. The maximum Gasteiger partial charge on any atom is 0.241 e. The van der Waals surface area contributed by atoms with Crippen molar-refractivity contribution in [2.45, 2.75) is 32.2 Å². The van der Waals surface area contributed by atoms with Crippen molar-refractivity contribution in [1.82, 2.24) is 10.6 Å². The summed E-state index contributed by atoms with van der Waals surface area (Å²) in [6.45, 7) is 8.11. The minimum Gasteiger partial charge on any atom is -0.353 e. The summed E-state index contributed by atoms with van der Waals surface area (Å²) in [6, 6.07) is 8.11. The molecule has 0 radical (unpaired) electrons. The molecule has 1 aliphatic heterocycles. The molecule has 0 aromatic heterocycles. The molecule has 1 amide bonds. The number of carbonyl (C=O) groups excluding carboxylic acids is 1. The van der Waals surface area contributed by atoms with Crippen molar-refractivity contribution < 1.29 is 4.79 Å². The summed E-state index contributed by atoms with van der Waals surface area (Å²) < 4.78 is 0. The van der Waals surface area contributed by atoms with Gasteiger partial charge in [0.05, 0.1) is 0 Å². The average Bonchev–Trinajstić information content (AvgIpc) is 2.29. The molecule has 1 unspecified atom stereocenters. The molecule has 2 N–H and O–H groups in total. The first-order valence-corrected chi connectivity index (χ1v) is 6.10. The van der Waals surface area contributed by atoms with Gasteiger partial charge in [0.1, 0.15) is 6.04 Å². The highest BCUT2D eigenvalue weighted by Gasteiger charge is 2.23. The van der Waals surface area contributed by atoms with Gasteiger partial charge < -0.3 is 10.6 Å². The molecule has 3 heteroatoms. The first-order valence-electron chi connectivity index (χ1n) is 6.10. The van der Waals surface area contributed by atoms with E-state index in [1.165, 1.54) is 5.56 Å². The Bertz CT molecular complexity index is 403. The number of carbonyl (C=O) groups is 1. The van der Waals surface area contributed by atoms with Crippen LogP contribution in [0.3, 0.4) is 0 Å². The summed E-state index contributed by atoms with van der Waals surface area (Å²) in [6.07, 6.45) is 0. The molecule has 1 atom stereocenters. The Morgan fingerprint density at radius 1 is 1.12 bits per heavy atom. The first kappa shape index (κ1) is 12.1. The molecular formula is C14H20N2O. The lowest BCUT2D eigenvalue weighted by Gasteiger charge is -2.25. The van der Waals surface area contributed by atoms with E-state index in [1.54, 1.807) is 0 Å². The van der Waals surface area contributed by atoms with Crippen molar-refractivity contribution in [2.75, 3.05) is 13.1 Å². The highest BCUT2D eigenvalue weighted by molar-refractivity contribution is 5.83. The van der Waals surface area contributed by atoms with Crippen molar-refractivity contribution in [3.8, 4) is 0 Å². The van der Waals surface area contributed by atoms with Crippen LogP contribution in [0.25, 0.3) is 0 Å². The Morgan fingerprint density at radius 2 is 1.76 bits per heavy atom. The van der Waals surface area contributed by atoms with Crippen LogP contribution in [0.4, 0.5) is 0 Å². The third-order valence-corrected chi connectivity index (χ3v) is 3.14. The van der Waals surface area contributed by atoms with Gasteiger partial charge in [-0.05, 0) is 16.5 Å². The van der Waals surface area contributed by atoms with E-state index in [1.807, 2.05) is 12.1 Å². The van der Waals surface area contributed by atoms with Gasteiger partial charge in [-0.2, -0.15) is 0 Å². The Hall–Kier alpha value is -1.35.